The molecule has 0 atom stereocenters. The number of hydrogen-bond donors (Lipinski definition) is 2. The zero-order chi connectivity index (χ0) is 15.9. The summed E-state index contributed by atoms with van der Waals surface area (Å²) >= 11 is 0. The van der Waals surface area contributed by atoms with Crippen molar-refractivity contribution in [1.29, 1.82) is 5.26 Å². The normalized spacial score (nSPS) is 9.64. The fourth-order valence-electron chi connectivity index (χ4n) is 1.62. The van der Waals surface area contributed by atoms with Gasteiger partial charge in [-0.05, 0) is 36.4 Å². The second-order valence-electron chi connectivity index (χ2n) is 4.32. The van der Waals surface area contributed by atoms with Crippen molar-refractivity contribution < 1.29 is 14.0 Å². The summed E-state index contributed by atoms with van der Waals surface area (Å²) < 4.78 is 12.7. The minimum absolute atomic E-state index is 0.164. The van der Waals surface area contributed by atoms with E-state index in [0.29, 0.717) is 11.3 Å². The van der Waals surface area contributed by atoms with Crippen LogP contribution in [0, 0.1) is 17.1 Å². The Morgan fingerprint density at radius 2 is 1.77 bits per heavy atom. The van der Waals surface area contributed by atoms with Crippen LogP contribution in [-0.4, -0.2) is 16.8 Å². The molecule has 2 aromatic rings. The van der Waals surface area contributed by atoms with Crippen LogP contribution in [0.2, 0.25) is 0 Å². The maximum Gasteiger partial charge on any atom is 0.234 e. The van der Waals surface area contributed by atoms with E-state index in [1.165, 1.54) is 6.07 Å². The van der Waals surface area contributed by atoms with E-state index in [9.17, 15) is 14.0 Å². The Kier molecular flexibility index (Phi) is 4.78. The standard InChI is InChI=1S/C15H11FN4O2/c16-11-3-6-13(18-9-11)20-15(22)7-14(21)19-12-4-1-10(8-17)2-5-12/h1-6,9H,7H2,(H,19,21)(H,18,20,22). The molecule has 2 N–H and O–H groups in total. The lowest BCUT2D eigenvalue weighted by Crippen LogP contribution is -2.21. The van der Waals surface area contributed by atoms with Crippen LogP contribution >= 0.6 is 0 Å². The zero-order valence-electron chi connectivity index (χ0n) is 11.3. The van der Waals surface area contributed by atoms with Crippen molar-refractivity contribution in [1.82, 2.24) is 4.98 Å². The number of rotatable bonds is 4. The summed E-state index contributed by atoms with van der Waals surface area (Å²) in [5.41, 5.74) is 0.954. The second kappa shape index (κ2) is 6.95. The number of pyridine rings is 1. The third kappa shape index (κ3) is 4.38. The van der Waals surface area contributed by atoms with Gasteiger partial charge in [-0.1, -0.05) is 0 Å². The Bertz CT molecular complexity index is 721. The largest absolute Gasteiger partial charge is 0.326 e. The number of amides is 2. The molecule has 0 aliphatic carbocycles. The maximum atomic E-state index is 12.7. The lowest BCUT2D eigenvalue weighted by Gasteiger charge is -2.06. The van der Waals surface area contributed by atoms with Gasteiger partial charge in [0.05, 0.1) is 17.8 Å². The molecule has 0 spiro atoms. The van der Waals surface area contributed by atoms with Gasteiger partial charge in [-0.3, -0.25) is 9.59 Å². The molecule has 1 heterocycles. The maximum absolute atomic E-state index is 12.7. The summed E-state index contributed by atoms with van der Waals surface area (Å²) in [6.45, 7) is 0. The number of carbonyl (C=O) groups excluding carboxylic acids is 2. The first kappa shape index (κ1) is 15.1. The van der Waals surface area contributed by atoms with Crippen molar-refractivity contribution in [3.8, 4) is 6.07 Å². The Morgan fingerprint density at radius 3 is 2.36 bits per heavy atom. The Balaban J connectivity index is 1.86. The van der Waals surface area contributed by atoms with Gasteiger partial charge in [0.1, 0.15) is 18.1 Å². The van der Waals surface area contributed by atoms with E-state index in [1.807, 2.05) is 6.07 Å². The average Bonchev–Trinajstić information content (AvgIpc) is 2.50. The zero-order valence-corrected chi connectivity index (χ0v) is 11.3. The Labute approximate surface area is 125 Å². The number of benzene rings is 1. The molecule has 0 fully saturated rings. The van der Waals surface area contributed by atoms with Gasteiger partial charge >= 0.3 is 0 Å². The molecule has 0 aliphatic rings. The van der Waals surface area contributed by atoms with Crippen LogP contribution in [0.1, 0.15) is 12.0 Å². The molecule has 0 saturated heterocycles. The van der Waals surface area contributed by atoms with E-state index in [0.717, 1.165) is 12.3 Å². The van der Waals surface area contributed by atoms with Gasteiger partial charge in [0.25, 0.3) is 0 Å². The molecule has 22 heavy (non-hydrogen) atoms. The molecule has 0 aliphatic heterocycles. The quantitative estimate of drug-likeness (QED) is 0.845. The lowest BCUT2D eigenvalue weighted by atomic mass is 10.2. The summed E-state index contributed by atoms with van der Waals surface area (Å²) in [5.74, 6) is -1.43. The fourth-order valence-corrected chi connectivity index (χ4v) is 1.62. The summed E-state index contributed by atoms with van der Waals surface area (Å²) in [6, 6.07) is 10.6. The third-order valence-corrected chi connectivity index (χ3v) is 2.61. The third-order valence-electron chi connectivity index (χ3n) is 2.61. The molecule has 0 unspecified atom stereocenters. The molecule has 6 nitrogen and oxygen atoms in total. The molecule has 0 saturated carbocycles. The van der Waals surface area contributed by atoms with Gasteiger partial charge in [0, 0.05) is 5.69 Å². The minimum Gasteiger partial charge on any atom is -0.326 e. The fraction of sp³-hybridized carbons (Fsp3) is 0.0667. The molecule has 0 bridgehead atoms. The van der Waals surface area contributed by atoms with Gasteiger partial charge in [-0.25, -0.2) is 9.37 Å². The van der Waals surface area contributed by atoms with Crippen molar-refractivity contribution in [2.24, 2.45) is 0 Å². The first-order valence-corrected chi connectivity index (χ1v) is 6.28. The number of nitriles is 1. The molecule has 2 amide bonds. The summed E-state index contributed by atoms with van der Waals surface area (Å²) in [4.78, 5) is 27.0. The number of nitrogens with zero attached hydrogens (tertiary/aromatic N) is 2. The molecule has 1 aromatic carbocycles. The highest BCUT2D eigenvalue weighted by molar-refractivity contribution is 6.07. The van der Waals surface area contributed by atoms with Crippen LogP contribution in [0.4, 0.5) is 15.9 Å². The van der Waals surface area contributed by atoms with E-state index >= 15 is 0 Å². The SMILES string of the molecule is N#Cc1ccc(NC(=O)CC(=O)Nc2ccc(F)cn2)cc1. The second-order valence-corrected chi connectivity index (χ2v) is 4.32. The highest BCUT2D eigenvalue weighted by atomic mass is 19.1. The van der Waals surface area contributed by atoms with Gasteiger partial charge in [-0.15, -0.1) is 0 Å². The van der Waals surface area contributed by atoms with Crippen LogP contribution in [0.15, 0.2) is 42.6 Å². The minimum atomic E-state index is -0.565. The van der Waals surface area contributed by atoms with Crippen LogP contribution in [0.25, 0.3) is 0 Å². The molecule has 1 aromatic heterocycles. The number of aromatic nitrogens is 1. The summed E-state index contributed by atoms with van der Waals surface area (Å²) in [7, 11) is 0. The van der Waals surface area contributed by atoms with Crippen LogP contribution in [0.3, 0.4) is 0 Å². The average molecular weight is 298 g/mol. The Hall–Kier alpha value is -3.27. The first-order chi connectivity index (χ1) is 10.6. The lowest BCUT2D eigenvalue weighted by molar-refractivity contribution is -0.123. The van der Waals surface area contributed by atoms with Crippen LogP contribution in [-0.2, 0) is 9.59 Å². The van der Waals surface area contributed by atoms with E-state index in [4.69, 9.17) is 5.26 Å². The number of anilines is 2. The van der Waals surface area contributed by atoms with Crippen molar-refractivity contribution in [2.75, 3.05) is 10.6 Å². The van der Waals surface area contributed by atoms with Gasteiger partial charge < -0.3 is 10.6 Å². The van der Waals surface area contributed by atoms with Crippen molar-refractivity contribution >= 4 is 23.3 Å². The van der Waals surface area contributed by atoms with Gasteiger partial charge in [0.2, 0.25) is 11.8 Å². The predicted octanol–water partition coefficient (Wildman–Crippen LogP) is 2.06. The highest BCUT2D eigenvalue weighted by Gasteiger charge is 2.10. The highest BCUT2D eigenvalue weighted by Crippen LogP contribution is 2.09. The van der Waals surface area contributed by atoms with E-state index < -0.39 is 24.1 Å². The monoisotopic (exact) mass is 298 g/mol. The van der Waals surface area contributed by atoms with E-state index in [1.54, 1.807) is 24.3 Å². The number of halogens is 1. The molecule has 7 heteroatoms. The molecule has 110 valence electrons. The van der Waals surface area contributed by atoms with Crippen molar-refractivity contribution in [2.45, 2.75) is 6.42 Å². The smallest absolute Gasteiger partial charge is 0.234 e. The van der Waals surface area contributed by atoms with Gasteiger partial charge in [0.15, 0.2) is 0 Å². The molecule has 2 rings (SSSR count). The van der Waals surface area contributed by atoms with E-state index in [-0.39, 0.29) is 5.82 Å². The number of nitrogens with one attached hydrogen (secondary N) is 2. The van der Waals surface area contributed by atoms with Crippen molar-refractivity contribution in [3.05, 3.63) is 54.0 Å². The van der Waals surface area contributed by atoms with Gasteiger partial charge in [-0.2, -0.15) is 5.26 Å². The number of carbonyl (C=O) groups is 2. The topological polar surface area (TPSA) is 94.9 Å². The predicted molar refractivity (Wildman–Crippen MR) is 77.2 cm³/mol. The molecule has 0 radical (unpaired) electrons. The summed E-state index contributed by atoms with van der Waals surface area (Å²) in [5, 5.41) is 13.6. The first-order valence-electron chi connectivity index (χ1n) is 6.28. The Morgan fingerprint density at radius 1 is 1.09 bits per heavy atom. The van der Waals surface area contributed by atoms with E-state index in [2.05, 4.69) is 15.6 Å². The van der Waals surface area contributed by atoms with Crippen molar-refractivity contribution in [3.63, 3.8) is 0 Å². The molecular formula is C15H11FN4O2. The van der Waals surface area contributed by atoms with Crippen LogP contribution in [0.5, 0.6) is 0 Å². The summed E-state index contributed by atoms with van der Waals surface area (Å²) in [6.07, 6.45) is 0.561. The van der Waals surface area contributed by atoms with Crippen LogP contribution < -0.4 is 10.6 Å². The number of hydrogen-bond acceptors (Lipinski definition) is 4. The molecular weight excluding hydrogens is 287 g/mol.